The summed E-state index contributed by atoms with van der Waals surface area (Å²) >= 11 is 0. The average Bonchev–Trinajstić information content (AvgIpc) is 2.35. The number of benzene rings is 1. The molecule has 17 heavy (non-hydrogen) atoms. The maximum absolute atomic E-state index is 10.8. The smallest absolute Gasteiger partial charge is 0.435 e. The molecule has 0 saturated carbocycles. The molecule has 0 aliphatic rings. The van der Waals surface area contributed by atoms with Gasteiger partial charge in [-0.2, -0.15) is 0 Å². The van der Waals surface area contributed by atoms with Crippen LogP contribution in [0.3, 0.4) is 0 Å². The highest BCUT2D eigenvalue weighted by Gasteiger charge is 2.00. The molecule has 0 aromatic heterocycles. The molecule has 0 amide bonds. The summed E-state index contributed by atoms with van der Waals surface area (Å²) in [4.78, 5) is 10.8. The molecule has 0 radical (unpaired) electrons. The van der Waals surface area contributed by atoms with E-state index in [2.05, 4.69) is 22.2 Å². The SMILES string of the molecule is CCOC(=O)OCCCNCc1ccccc1. The quantitative estimate of drug-likeness (QED) is 0.584. The first kappa shape index (κ1) is 13.5. The van der Waals surface area contributed by atoms with E-state index in [1.807, 2.05) is 18.2 Å². The van der Waals surface area contributed by atoms with Crippen molar-refractivity contribution in [3.63, 3.8) is 0 Å². The van der Waals surface area contributed by atoms with Gasteiger partial charge in [0.05, 0.1) is 13.2 Å². The van der Waals surface area contributed by atoms with Gasteiger partial charge in [0.1, 0.15) is 0 Å². The number of hydrogen-bond acceptors (Lipinski definition) is 4. The molecule has 1 rings (SSSR count). The van der Waals surface area contributed by atoms with Crippen LogP contribution in [-0.4, -0.2) is 25.9 Å². The van der Waals surface area contributed by atoms with Crippen molar-refractivity contribution >= 4 is 6.16 Å². The van der Waals surface area contributed by atoms with Gasteiger partial charge in [-0.3, -0.25) is 0 Å². The monoisotopic (exact) mass is 237 g/mol. The maximum Gasteiger partial charge on any atom is 0.508 e. The Balaban J connectivity index is 1.96. The average molecular weight is 237 g/mol. The maximum atomic E-state index is 10.8. The Labute approximate surface area is 102 Å². The number of ether oxygens (including phenoxy) is 2. The second-order valence-corrected chi connectivity index (χ2v) is 3.55. The Kier molecular flexibility index (Phi) is 6.82. The van der Waals surface area contributed by atoms with Crippen LogP contribution < -0.4 is 5.32 Å². The lowest BCUT2D eigenvalue weighted by atomic mass is 10.2. The van der Waals surface area contributed by atoms with Crippen LogP contribution in [0.1, 0.15) is 18.9 Å². The molecular formula is C13H19NO3. The highest BCUT2D eigenvalue weighted by Crippen LogP contribution is 1.97. The molecule has 0 spiro atoms. The van der Waals surface area contributed by atoms with Crippen molar-refractivity contribution in [3.8, 4) is 0 Å². The van der Waals surface area contributed by atoms with E-state index in [0.717, 1.165) is 19.5 Å². The van der Waals surface area contributed by atoms with Crippen LogP contribution in [0, 0.1) is 0 Å². The second-order valence-electron chi connectivity index (χ2n) is 3.55. The van der Waals surface area contributed by atoms with Crippen molar-refractivity contribution in [2.45, 2.75) is 19.9 Å². The van der Waals surface area contributed by atoms with Gasteiger partial charge < -0.3 is 14.8 Å². The summed E-state index contributed by atoms with van der Waals surface area (Å²) in [5.41, 5.74) is 1.25. The zero-order valence-corrected chi connectivity index (χ0v) is 10.1. The van der Waals surface area contributed by atoms with Crippen molar-refractivity contribution in [1.82, 2.24) is 5.32 Å². The normalized spacial score (nSPS) is 9.94. The first-order valence-electron chi connectivity index (χ1n) is 5.87. The van der Waals surface area contributed by atoms with Gasteiger partial charge in [-0.05, 0) is 25.5 Å². The Morgan fingerprint density at radius 3 is 2.71 bits per heavy atom. The minimum atomic E-state index is -0.587. The summed E-state index contributed by atoms with van der Waals surface area (Å²) in [7, 11) is 0. The van der Waals surface area contributed by atoms with E-state index in [-0.39, 0.29) is 0 Å². The van der Waals surface area contributed by atoms with Gasteiger partial charge in [-0.15, -0.1) is 0 Å². The molecule has 0 atom stereocenters. The van der Waals surface area contributed by atoms with E-state index in [9.17, 15) is 4.79 Å². The summed E-state index contributed by atoms with van der Waals surface area (Å²) < 4.78 is 9.47. The molecule has 0 unspecified atom stereocenters. The molecule has 1 N–H and O–H groups in total. The standard InChI is InChI=1S/C13H19NO3/c1-2-16-13(15)17-10-6-9-14-11-12-7-4-3-5-8-12/h3-5,7-8,14H,2,6,9-11H2,1H3. The molecule has 1 aromatic carbocycles. The molecular weight excluding hydrogens is 218 g/mol. The first-order chi connectivity index (χ1) is 8.33. The lowest BCUT2D eigenvalue weighted by molar-refractivity contribution is 0.0583. The van der Waals surface area contributed by atoms with Crippen molar-refractivity contribution in [1.29, 1.82) is 0 Å². The molecule has 4 heteroatoms. The molecule has 0 fully saturated rings. The molecule has 0 bridgehead atoms. The van der Waals surface area contributed by atoms with E-state index in [4.69, 9.17) is 4.74 Å². The number of nitrogens with one attached hydrogen (secondary N) is 1. The molecule has 0 aliphatic heterocycles. The topological polar surface area (TPSA) is 47.6 Å². The molecule has 0 heterocycles. The summed E-state index contributed by atoms with van der Waals surface area (Å²) in [5, 5.41) is 3.28. The molecule has 94 valence electrons. The van der Waals surface area contributed by atoms with E-state index >= 15 is 0 Å². The highest BCUT2D eigenvalue weighted by molar-refractivity contribution is 5.59. The van der Waals surface area contributed by atoms with Crippen LogP contribution in [0.25, 0.3) is 0 Å². The minimum absolute atomic E-state index is 0.352. The van der Waals surface area contributed by atoms with Crippen LogP contribution in [-0.2, 0) is 16.0 Å². The van der Waals surface area contributed by atoms with Gasteiger partial charge in [0.2, 0.25) is 0 Å². The predicted octanol–water partition coefficient (Wildman–Crippen LogP) is 2.34. The fourth-order valence-corrected chi connectivity index (χ4v) is 1.34. The zero-order chi connectivity index (χ0) is 12.3. The highest BCUT2D eigenvalue weighted by atomic mass is 16.7. The first-order valence-corrected chi connectivity index (χ1v) is 5.87. The van der Waals surface area contributed by atoms with Crippen molar-refractivity contribution in [3.05, 3.63) is 35.9 Å². The zero-order valence-electron chi connectivity index (χ0n) is 10.1. The molecule has 4 nitrogen and oxygen atoms in total. The lowest BCUT2D eigenvalue weighted by Gasteiger charge is -2.06. The largest absolute Gasteiger partial charge is 0.508 e. The van der Waals surface area contributed by atoms with Gasteiger partial charge in [-0.25, -0.2) is 4.79 Å². The van der Waals surface area contributed by atoms with Crippen LogP contribution in [0.4, 0.5) is 4.79 Å². The van der Waals surface area contributed by atoms with E-state index in [0.29, 0.717) is 13.2 Å². The van der Waals surface area contributed by atoms with Gasteiger partial charge in [0, 0.05) is 6.54 Å². The van der Waals surface area contributed by atoms with Crippen LogP contribution in [0.2, 0.25) is 0 Å². The Morgan fingerprint density at radius 1 is 1.24 bits per heavy atom. The Hall–Kier alpha value is -1.55. The Morgan fingerprint density at radius 2 is 2.00 bits per heavy atom. The fraction of sp³-hybridized carbons (Fsp3) is 0.462. The summed E-state index contributed by atoms with van der Waals surface area (Å²) in [5.74, 6) is 0. The van der Waals surface area contributed by atoms with E-state index in [1.165, 1.54) is 5.56 Å². The van der Waals surface area contributed by atoms with Crippen molar-refractivity contribution in [2.75, 3.05) is 19.8 Å². The number of hydrogen-bond donors (Lipinski definition) is 1. The third kappa shape index (κ3) is 6.58. The third-order valence-corrected chi connectivity index (χ3v) is 2.15. The molecule has 0 saturated heterocycles. The van der Waals surface area contributed by atoms with Crippen molar-refractivity contribution < 1.29 is 14.3 Å². The second kappa shape index (κ2) is 8.58. The summed E-state index contributed by atoms with van der Waals surface area (Å²) in [6, 6.07) is 10.2. The lowest BCUT2D eigenvalue weighted by Crippen LogP contribution is -2.17. The van der Waals surface area contributed by atoms with Gasteiger partial charge in [0.15, 0.2) is 0 Å². The molecule has 1 aromatic rings. The Bertz CT molecular complexity index is 314. The summed E-state index contributed by atoms with van der Waals surface area (Å²) in [6.45, 7) is 4.14. The van der Waals surface area contributed by atoms with Crippen molar-refractivity contribution in [2.24, 2.45) is 0 Å². The summed E-state index contributed by atoms with van der Waals surface area (Å²) in [6.07, 6.45) is 0.196. The van der Waals surface area contributed by atoms with Crippen LogP contribution in [0.5, 0.6) is 0 Å². The van der Waals surface area contributed by atoms with E-state index < -0.39 is 6.16 Å². The van der Waals surface area contributed by atoms with Crippen LogP contribution in [0.15, 0.2) is 30.3 Å². The number of rotatable bonds is 7. The van der Waals surface area contributed by atoms with Crippen LogP contribution >= 0.6 is 0 Å². The van der Waals surface area contributed by atoms with Gasteiger partial charge in [0.25, 0.3) is 0 Å². The minimum Gasteiger partial charge on any atom is -0.435 e. The molecule has 0 aliphatic carbocycles. The van der Waals surface area contributed by atoms with Gasteiger partial charge in [-0.1, -0.05) is 30.3 Å². The number of carbonyl (C=O) groups is 1. The third-order valence-electron chi connectivity index (χ3n) is 2.15. The van der Waals surface area contributed by atoms with Gasteiger partial charge >= 0.3 is 6.16 Å². The number of carbonyl (C=O) groups excluding carboxylic acids is 1. The predicted molar refractivity (Wildman–Crippen MR) is 65.7 cm³/mol. The van der Waals surface area contributed by atoms with E-state index in [1.54, 1.807) is 6.92 Å². The fourth-order valence-electron chi connectivity index (χ4n) is 1.34.